The van der Waals surface area contributed by atoms with E-state index in [1.54, 1.807) is 18.2 Å². The molecule has 0 fully saturated rings. The van der Waals surface area contributed by atoms with E-state index in [2.05, 4.69) is 10.2 Å². The molecule has 0 aliphatic rings. The molecule has 23 heavy (non-hydrogen) atoms. The van der Waals surface area contributed by atoms with Crippen LogP contribution in [0.1, 0.15) is 53.1 Å². The number of aromatic amines is 1. The van der Waals surface area contributed by atoms with Crippen LogP contribution in [0, 0.1) is 20.8 Å². The lowest BCUT2D eigenvalue weighted by Crippen LogP contribution is -2.03. The molecule has 2 N–H and O–H groups in total. The van der Waals surface area contributed by atoms with E-state index < -0.39 is 5.97 Å². The molecular weight excluding hydrogens is 292 g/mol. The average Bonchev–Trinajstić information content (AvgIpc) is 2.86. The Kier molecular flexibility index (Phi) is 7.32. The number of carbonyl (C=O) groups is 1. The number of carboxylic acids is 1. The van der Waals surface area contributed by atoms with Crippen molar-refractivity contribution in [2.75, 3.05) is 6.61 Å². The van der Waals surface area contributed by atoms with Gasteiger partial charge >= 0.3 is 5.97 Å². The molecule has 5 heteroatoms. The molecule has 0 saturated carbocycles. The van der Waals surface area contributed by atoms with E-state index in [1.807, 2.05) is 34.6 Å². The summed E-state index contributed by atoms with van der Waals surface area (Å²) in [6.07, 6.45) is 1.75. The Balaban J connectivity index is 0.00000127. The highest BCUT2D eigenvalue weighted by Crippen LogP contribution is 2.20. The van der Waals surface area contributed by atoms with Gasteiger partial charge in [-0.15, -0.1) is 0 Å². The second kappa shape index (κ2) is 8.98. The van der Waals surface area contributed by atoms with Gasteiger partial charge in [-0.25, -0.2) is 4.79 Å². The maximum atomic E-state index is 11.0. The van der Waals surface area contributed by atoms with Crippen LogP contribution in [-0.2, 0) is 6.42 Å². The van der Waals surface area contributed by atoms with Crippen molar-refractivity contribution >= 4 is 5.97 Å². The zero-order chi connectivity index (χ0) is 17.4. The minimum Gasteiger partial charge on any atom is -0.493 e. The predicted molar refractivity (Wildman–Crippen MR) is 91.4 cm³/mol. The second-order valence-electron chi connectivity index (χ2n) is 5.15. The van der Waals surface area contributed by atoms with Crippen LogP contribution < -0.4 is 4.74 Å². The van der Waals surface area contributed by atoms with Gasteiger partial charge in [0.2, 0.25) is 0 Å². The molecule has 0 saturated heterocycles. The highest BCUT2D eigenvalue weighted by molar-refractivity contribution is 5.88. The Morgan fingerprint density at radius 1 is 1.26 bits per heavy atom. The predicted octanol–water partition coefficient (Wildman–Crippen LogP) is 4.07. The van der Waals surface area contributed by atoms with Gasteiger partial charge in [-0.05, 0) is 56.9 Å². The van der Waals surface area contributed by atoms with E-state index in [0.29, 0.717) is 12.4 Å². The van der Waals surface area contributed by atoms with Crippen LogP contribution in [0.25, 0.3) is 0 Å². The fourth-order valence-electron chi connectivity index (χ4n) is 2.26. The molecule has 0 amide bonds. The molecule has 2 rings (SSSR count). The van der Waals surface area contributed by atoms with Gasteiger partial charge in [-0.3, -0.25) is 5.10 Å². The third-order valence-corrected chi connectivity index (χ3v) is 3.54. The van der Waals surface area contributed by atoms with E-state index in [1.165, 1.54) is 5.56 Å². The number of aromatic carboxylic acids is 1. The number of H-pyrrole nitrogens is 1. The van der Waals surface area contributed by atoms with Gasteiger partial charge in [0, 0.05) is 5.69 Å². The van der Waals surface area contributed by atoms with Crippen LogP contribution >= 0.6 is 0 Å². The monoisotopic (exact) mass is 318 g/mol. The zero-order valence-electron chi connectivity index (χ0n) is 14.6. The molecule has 1 aromatic carbocycles. The van der Waals surface area contributed by atoms with Crippen molar-refractivity contribution in [1.29, 1.82) is 0 Å². The van der Waals surface area contributed by atoms with Crippen molar-refractivity contribution in [2.45, 2.75) is 47.5 Å². The zero-order valence-corrected chi connectivity index (χ0v) is 14.6. The third-order valence-electron chi connectivity index (χ3n) is 3.54. The van der Waals surface area contributed by atoms with Gasteiger partial charge in [0.05, 0.1) is 17.9 Å². The SMILES string of the molecule is CC.Cc1ccc(C(=O)O)cc1OCCCc1c(C)n[nH]c1C. The highest BCUT2D eigenvalue weighted by Gasteiger charge is 2.08. The Bertz CT molecular complexity index is 628. The van der Waals surface area contributed by atoms with Crippen molar-refractivity contribution in [3.8, 4) is 5.75 Å². The summed E-state index contributed by atoms with van der Waals surface area (Å²) in [5.41, 5.74) is 4.54. The molecule has 1 heterocycles. The number of hydrogen-bond donors (Lipinski definition) is 2. The maximum absolute atomic E-state index is 11.0. The molecule has 0 aliphatic carbocycles. The van der Waals surface area contributed by atoms with Crippen LogP contribution in [0.4, 0.5) is 0 Å². The standard InChI is InChI=1S/C16H20N2O3.C2H6/c1-10-6-7-13(16(19)20)9-15(10)21-8-4-5-14-11(2)17-18-12(14)3;1-2/h6-7,9H,4-5,8H2,1-3H3,(H,17,18)(H,19,20);1-2H3. The number of benzene rings is 1. The van der Waals surface area contributed by atoms with E-state index in [9.17, 15) is 4.79 Å². The Morgan fingerprint density at radius 2 is 1.96 bits per heavy atom. The molecule has 2 aromatic rings. The van der Waals surface area contributed by atoms with Crippen LogP contribution in [0.2, 0.25) is 0 Å². The maximum Gasteiger partial charge on any atom is 0.335 e. The largest absolute Gasteiger partial charge is 0.493 e. The van der Waals surface area contributed by atoms with Gasteiger partial charge in [-0.2, -0.15) is 5.10 Å². The lowest BCUT2D eigenvalue weighted by molar-refractivity contribution is 0.0696. The Labute approximate surface area is 137 Å². The molecule has 0 aliphatic heterocycles. The van der Waals surface area contributed by atoms with E-state index in [-0.39, 0.29) is 5.56 Å². The summed E-state index contributed by atoms with van der Waals surface area (Å²) in [5.74, 6) is -0.306. The molecular formula is C18H26N2O3. The van der Waals surface area contributed by atoms with Gasteiger partial charge in [0.1, 0.15) is 5.75 Å². The fourth-order valence-corrected chi connectivity index (χ4v) is 2.26. The van der Waals surface area contributed by atoms with Gasteiger partial charge in [0.25, 0.3) is 0 Å². The number of ether oxygens (including phenoxy) is 1. The van der Waals surface area contributed by atoms with Crippen LogP contribution in [-0.4, -0.2) is 27.9 Å². The lowest BCUT2D eigenvalue weighted by atomic mass is 10.1. The van der Waals surface area contributed by atoms with Crippen molar-refractivity contribution in [1.82, 2.24) is 10.2 Å². The first-order chi connectivity index (χ1) is 11.0. The summed E-state index contributed by atoms with van der Waals surface area (Å²) in [6, 6.07) is 4.93. The topological polar surface area (TPSA) is 75.2 Å². The smallest absolute Gasteiger partial charge is 0.335 e. The first-order valence-electron chi connectivity index (χ1n) is 7.96. The van der Waals surface area contributed by atoms with Crippen molar-refractivity contribution in [2.24, 2.45) is 0 Å². The molecule has 5 nitrogen and oxygen atoms in total. The van der Waals surface area contributed by atoms with Crippen molar-refractivity contribution < 1.29 is 14.6 Å². The number of aryl methyl sites for hydroxylation is 3. The second-order valence-corrected chi connectivity index (χ2v) is 5.15. The minimum atomic E-state index is -0.940. The summed E-state index contributed by atoms with van der Waals surface area (Å²) < 4.78 is 5.71. The summed E-state index contributed by atoms with van der Waals surface area (Å²) >= 11 is 0. The number of rotatable bonds is 6. The Hall–Kier alpha value is -2.30. The number of carboxylic acid groups (broad SMARTS) is 1. The molecule has 0 radical (unpaired) electrons. The Morgan fingerprint density at radius 3 is 2.52 bits per heavy atom. The van der Waals surface area contributed by atoms with Crippen LogP contribution in [0.3, 0.4) is 0 Å². The number of nitrogens with one attached hydrogen (secondary N) is 1. The summed E-state index contributed by atoms with van der Waals surface area (Å²) in [6.45, 7) is 10.5. The lowest BCUT2D eigenvalue weighted by Gasteiger charge is -2.10. The molecule has 1 aromatic heterocycles. The average molecular weight is 318 g/mol. The van der Waals surface area contributed by atoms with Gasteiger partial charge < -0.3 is 9.84 Å². The number of hydrogen-bond acceptors (Lipinski definition) is 3. The number of aromatic nitrogens is 2. The molecule has 0 atom stereocenters. The van der Waals surface area contributed by atoms with Crippen LogP contribution in [0.5, 0.6) is 5.75 Å². The first kappa shape index (κ1) is 18.7. The summed E-state index contributed by atoms with van der Waals surface area (Å²) in [5, 5.41) is 16.1. The minimum absolute atomic E-state index is 0.247. The molecule has 0 unspecified atom stereocenters. The molecule has 0 spiro atoms. The summed E-state index contributed by atoms with van der Waals surface area (Å²) in [4.78, 5) is 11.0. The molecule has 126 valence electrons. The van der Waals surface area contributed by atoms with E-state index in [4.69, 9.17) is 9.84 Å². The highest BCUT2D eigenvalue weighted by atomic mass is 16.5. The van der Waals surface area contributed by atoms with Crippen molar-refractivity contribution in [3.63, 3.8) is 0 Å². The van der Waals surface area contributed by atoms with Gasteiger partial charge in [0.15, 0.2) is 0 Å². The van der Waals surface area contributed by atoms with Crippen molar-refractivity contribution in [3.05, 3.63) is 46.3 Å². The summed E-state index contributed by atoms with van der Waals surface area (Å²) in [7, 11) is 0. The molecule has 0 bridgehead atoms. The fraction of sp³-hybridized carbons (Fsp3) is 0.444. The normalized spacial score (nSPS) is 9.96. The first-order valence-corrected chi connectivity index (χ1v) is 7.96. The van der Waals surface area contributed by atoms with E-state index >= 15 is 0 Å². The van der Waals surface area contributed by atoms with Gasteiger partial charge in [-0.1, -0.05) is 19.9 Å². The van der Waals surface area contributed by atoms with Crippen LogP contribution in [0.15, 0.2) is 18.2 Å². The third kappa shape index (κ3) is 5.13. The quantitative estimate of drug-likeness (QED) is 0.787. The van der Waals surface area contributed by atoms with E-state index in [0.717, 1.165) is 29.8 Å². The number of nitrogens with zero attached hydrogens (tertiary/aromatic N) is 1.